The van der Waals surface area contributed by atoms with E-state index in [1.807, 2.05) is 24.3 Å². The van der Waals surface area contributed by atoms with Gasteiger partial charge in [-0.15, -0.1) is 0 Å². The smallest absolute Gasteiger partial charge is 0.240 e. The van der Waals surface area contributed by atoms with Crippen LogP contribution in [-0.2, 0) is 4.79 Å². The van der Waals surface area contributed by atoms with Gasteiger partial charge in [0, 0.05) is 12.7 Å². The van der Waals surface area contributed by atoms with Gasteiger partial charge in [0.1, 0.15) is 0 Å². The zero-order chi connectivity index (χ0) is 11.4. The fourth-order valence-electron chi connectivity index (χ4n) is 1.55. The third-order valence-corrected chi connectivity index (χ3v) is 2.47. The molecule has 1 amide bonds. The van der Waals surface area contributed by atoms with Crippen LogP contribution in [0.4, 0.5) is 5.69 Å². The number of carbonyl (C=O) groups excluding carboxylic acids is 1. The van der Waals surface area contributed by atoms with Crippen LogP contribution in [0.25, 0.3) is 0 Å². The van der Waals surface area contributed by atoms with Crippen LogP contribution < -0.4 is 10.6 Å². The number of hydrogen-bond acceptors (Lipinski definition) is 2. The van der Waals surface area contributed by atoms with Crippen LogP contribution in [0.3, 0.4) is 0 Å². The third-order valence-electron chi connectivity index (χ3n) is 2.47. The van der Waals surface area contributed by atoms with E-state index in [2.05, 4.69) is 13.8 Å². The van der Waals surface area contributed by atoms with Crippen molar-refractivity contribution in [3.63, 3.8) is 0 Å². The highest BCUT2D eigenvalue weighted by atomic mass is 16.2. The van der Waals surface area contributed by atoms with Gasteiger partial charge in [0.15, 0.2) is 0 Å². The average molecular weight is 206 g/mol. The molecule has 0 saturated carbocycles. The van der Waals surface area contributed by atoms with Crippen LogP contribution in [0, 0.1) is 0 Å². The molecule has 3 nitrogen and oxygen atoms in total. The number of rotatable bonds is 3. The molecule has 0 atom stereocenters. The maximum absolute atomic E-state index is 11.5. The molecule has 0 aromatic heterocycles. The molecule has 82 valence electrons. The second-order valence-electron chi connectivity index (χ2n) is 3.87. The monoisotopic (exact) mass is 206 g/mol. The molecule has 0 aliphatic carbocycles. The summed E-state index contributed by atoms with van der Waals surface area (Å²) in [6, 6.07) is 7.91. The van der Waals surface area contributed by atoms with Crippen molar-refractivity contribution in [3.8, 4) is 0 Å². The predicted molar refractivity (Wildman–Crippen MR) is 63.0 cm³/mol. The number of hydrogen-bond donors (Lipinski definition) is 1. The summed E-state index contributed by atoms with van der Waals surface area (Å²) in [5.41, 5.74) is 7.46. The topological polar surface area (TPSA) is 46.3 Å². The van der Waals surface area contributed by atoms with E-state index in [9.17, 15) is 4.79 Å². The van der Waals surface area contributed by atoms with Gasteiger partial charge in [0.25, 0.3) is 0 Å². The Balaban J connectivity index is 3.07. The van der Waals surface area contributed by atoms with Gasteiger partial charge in [-0.2, -0.15) is 0 Å². The lowest BCUT2D eigenvalue weighted by molar-refractivity contribution is -0.117. The van der Waals surface area contributed by atoms with Crippen molar-refractivity contribution < 1.29 is 4.79 Å². The first-order valence-electron chi connectivity index (χ1n) is 5.13. The number of nitrogens with zero attached hydrogens (tertiary/aromatic N) is 1. The minimum atomic E-state index is -0.0666. The molecule has 1 aromatic rings. The first-order valence-corrected chi connectivity index (χ1v) is 5.13. The fraction of sp³-hybridized carbons (Fsp3) is 0.417. The van der Waals surface area contributed by atoms with Gasteiger partial charge in [-0.3, -0.25) is 4.79 Å². The highest BCUT2D eigenvalue weighted by Crippen LogP contribution is 2.26. The first kappa shape index (κ1) is 11.7. The summed E-state index contributed by atoms with van der Waals surface area (Å²) in [6.45, 7) is 4.27. The Morgan fingerprint density at radius 1 is 1.40 bits per heavy atom. The Morgan fingerprint density at radius 3 is 2.53 bits per heavy atom. The summed E-state index contributed by atoms with van der Waals surface area (Å²) in [5, 5.41) is 0. The Morgan fingerprint density at radius 2 is 2.00 bits per heavy atom. The molecule has 2 N–H and O–H groups in total. The molecule has 3 heteroatoms. The van der Waals surface area contributed by atoms with Crippen LogP contribution in [-0.4, -0.2) is 19.5 Å². The average Bonchev–Trinajstić information content (AvgIpc) is 2.27. The Hall–Kier alpha value is -1.35. The largest absolute Gasteiger partial charge is 0.322 e. The zero-order valence-corrected chi connectivity index (χ0v) is 9.53. The Bertz CT molecular complexity index is 347. The van der Waals surface area contributed by atoms with E-state index in [4.69, 9.17) is 5.73 Å². The van der Waals surface area contributed by atoms with E-state index < -0.39 is 0 Å². The molecule has 0 spiro atoms. The lowest BCUT2D eigenvalue weighted by Crippen LogP contribution is -2.33. The van der Waals surface area contributed by atoms with Gasteiger partial charge >= 0.3 is 0 Å². The minimum Gasteiger partial charge on any atom is -0.322 e. The van der Waals surface area contributed by atoms with E-state index in [0.29, 0.717) is 5.92 Å². The van der Waals surface area contributed by atoms with Crippen LogP contribution in [0.2, 0.25) is 0 Å². The summed E-state index contributed by atoms with van der Waals surface area (Å²) in [4.78, 5) is 13.1. The molecule has 0 fully saturated rings. The van der Waals surface area contributed by atoms with Crippen LogP contribution in [0.5, 0.6) is 0 Å². The maximum Gasteiger partial charge on any atom is 0.240 e. The third kappa shape index (κ3) is 2.57. The van der Waals surface area contributed by atoms with Gasteiger partial charge in [-0.05, 0) is 17.5 Å². The second kappa shape index (κ2) is 4.94. The lowest BCUT2D eigenvalue weighted by Gasteiger charge is -2.21. The number of benzene rings is 1. The molecule has 0 saturated heterocycles. The number of para-hydroxylation sites is 1. The molecule has 0 unspecified atom stereocenters. The van der Waals surface area contributed by atoms with Crippen molar-refractivity contribution in [2.75, 3.05) is 18.5 Å². The predicted octanol–water partition coefficient (Wildman–Crippen LogP) is 1.73. The molecule has 0 heterocycles. The summed E-state index contributed by atoms with van der Waals surface area (Å²) >= 11 is 0. The number of anilines is 1. The highest BCUT2D eigenvalue weighted by Gasteiger charge is 2.13. The van der Waals surface area contributed by atoms with E-state index in [0.717, 1.165) is 5.69 Å². The Kier molecular flexibility index (Phi) is 3.86. The molecule has 0 aliphatic heterocycles. The molecule has 0 radical (unpaired) electrons. The minimum absolute atomic E-state index is 0.0446. The van der Waals surface area contributed by atoms with Crippen LogP contribution >= 0.6 is 0 Å². The van der Waals surface area contributed by atoms with E-state index >= 15 is 0 Å². The van der Waals surface area contributed by atoms with Crippen molar-refractivity contribution in [3.05, 3.63) is 29.8 Å². The maximum atomic E-state index is 11.5. The van der Waals surface area contributed by atoms with Gasteiger partial charge in [0.05, 0.1) is 6.54 Å². The van der Waals surface area contributed by atoms with Gasteiger partial charge in [-0.25, -0.2) is 0 Å². The van der Waals surface area contributed by atoms with Gasteiger partial charge in [0.2, 0.25) is 5.91 Å². The van der Waals surface area contributed by atoms with Crippen molar-refractivity contribution in [1.82, 2.24) is 0 Å². The van der Waals surface area contributed by atoms with E-state index in [1.54, 1.807) is 11.9 Å². The van der Waals surface area contributed by atoms with Gasteiger partial charge < -0.3 is 10.6 Å². The van der Waals surface area contributed by atoms with E-state index in [1.165, 1.54) is 5.56 Å². The van der Waals surface area contributed by atoms with Crippen molar-refractivity contribution in [1.29, 1.82) is 0 Å². The van der Waals surface area contributed by atoms with Crippen molar-refractivity contribution in [2.24, 2.45) is 5.73 Å². The van der Waals surface area contributed by atoms with E-state index in [-0.39, 0.29) is 12.5 Å². The molecule has 1 aromatic carbocycles. The van der Waals surface area contributed by atoms with Crippen LogP contribution in [0.15, 0.2) is 24.3 Å². The standard InChI is InChI=1S/C12H18N2O/c1-9(2)10-6-4-5-7-11(10)14(3)12(15)8-13/h4-7,9H,8,13H2,1-3H3. The van der Waals surface area contributed by atoms with Crippen molar-refractivity contribution in [2.45, 2.75) is 19.8 Å². The van der Waals surface area contributed by atoms with Crippen molar-refractivity contribution >= 4 is 11.6 Å². The van der Waals surface area contributed by atoms with Crippen LogP contribution in [0.1, 0.15) is 25.3 Å². The number of nitrogens with two attached hydrogens (primary N) is 1. The molecule has 15 heavy (non-hydrogen) atoms. The zero-order valence-electron chi connectivity index (χ0n) is 9.53. The SMILES string of the molecule is CC(C)c1ccccc1N(C)C(=O)CN. The normalized spacial score (nSPS) is 10.5. The molecular formula is C12H18N2O. The first-order chi connectivity index (χ1) is 7.07. The quantitative estimate of drug-likeness (QED) is 0.818. The number of carbonyl (C=O) groups is 1. The Labute approximate surface area is 90.9 Å². The summed E-state index contributed by atoms with van der Waals surface area (Å²) in [5.74, 6) is 0.331. The number of amides is 1. The molecular weight excluding hydrogens is 188 g/mol. The second-order valence-corrected chi connectivity index (χ2v) is 3.87. The molecule has 0 aliphatic rings. The van der Waals surface area contributed by atoms with Gasteiger partial charge in [-0.1, -0.05) is 32.0 Å². The lowest BCUT2D eigenvalue weighted by atomic mass is 10.0. The fourth-order valence-corrected chi connectivity index (χ4v) is 1.55. The number of likely N-dealkylation sites (N-methyl/N-ethyl adjacent to an activating group) is 1. The summed E-state index contributed by atoms with van der Waals surface area (Å²) < 4.78 is 0. The summed E-state index contributed by atoms with van der Waals surface area (Å²) in [6.07, 6.45) is 0. The summed E-state index contributed by atoms with van der Waals surface area (Å²) in [7, 11) is 1.76. The molecule has 1 rings (SSSR count). The molecule has 0 bridgehead atoms. The highest BCUT2D eigenvalue weighted by molar-refractivity contribution is 5.94.